The monoisotopic (exact) mass is 334 g/mol. The second kappa shape index (κ2) is 6.23. The Kier molecular flexibility index (Phi) is 4.86. The Morgan fingerprint density at radius 2 is 1.53 bits per heavy atom. The van der Waals surface area contributed by atoms with Gasteiger partial charge in [-0.15, -0.1) is 23.2 Å². The molecule has 0 aromatic heterocycles. The Morgan fingerprint density at radius 3 is 2.11 bits per heavy atom. The fourth-order valence-electron chi connectivity index (χ4n) is 1.91. The van der Waals surface area contributed by atoms with Crippen LogP contribution in [0.4, 0.5) is 0 Å². The molecule has 100 valence electrons. The van der Waals surface area contributed by atoms with E-state index >= 15 is 0 Å². The van der Waals surface area contributed by atoms with Gasteiger partial charge in [0.25, 0.3) is 0 Å². The van der Waals surface area contributed by atoms with Crippen molar-refractivity contribution in [2.75, 3.05) is 0 Å². The molecule has 0 saturated carbocycles. The maximum Gasteiger partial charge on any atom is 0.134 e. The molecule has 5 heteroatoms. The first-order chi connectivity index (χ1) is 9.00. The molecule has 0 saturated heterocycles. The van der Waals surface area contributed by atoms with Gasteiger partial charge >= 0.3 is 0 Å². The van der Waals surface area contributed by atoms with Crippen LogP contribution in [0.3, 0.4) is 0 Å². The lowest BCUT2D eigenvalue weighted by molar-refractivity contribution is 0.474. The number of hydrogen-bond acceptors (Lipinski definition) is 1. The van der Waals surface area contributed by atoms with E-state index < -0.39 is 4.84 Å². The zero-order chi connectivity index (χ0) is 14.0. The average molecular weight is 336 g/mol. The van der Waals surface area contributed by atoms with E-state index in [1.807, 2.05) is 12.1 Å². The van der Waals surface area contributed by atoms with Crippen LogP contribution in [0.2, 0.25) is 10.0 Å². The molecule has 1 nitrogen and oxygen atoms in total. The quantitative estimate of drug-likeness (QED) is 0.720. The summed E-state index contributed by atoms with van der Waals surface area (Å²) in [4.78, 5) is -0.694. The number of aromatic hydroxyl groups is 1. The van der Waals surface area contributed by atoms with E-state index in [0.717, 1.165) is 5.56 Å². The van der Waals surface area contributed by atoms with Crippen LogP contribution in [0.5, 0.6) is 5.75 Å². The Balaban J connectivity index is 2.52. The number of alkyl halides is 2. The van der Waals surface area contributed by atoms with Crippen molar-refractivity contribution in [3.05, 3.63) is 63.6 Å². The molecule has 1 unspecified atom stereocenters. The van der Waals surface area contributed by atoms with Crippen LogP contribution in [0.25, 0.3) is 0 Å². The van der Waals surface area contributed by atoms with Crippen LogP contribution in [0.1, 0.15) is 17.0 Å². The van der Waals surface area contributed by atoms with Gasteiger partial charge in [-0.1, -0.05) is 47.5 Å². The lowest BCUT2D eigenvalue weighted by Crippen LogP contribution is -2.09. The summed E-state index contributed by atoms with van der Waals surface area (Å²) in [5.41, 5.74) is 1.56. The molecule has 0 aliphatic heterocycles. The summed E-state index contributed by atoms with van der Waals surface area (Å²) in [6.45, 7) is 0. The Bertz CT molecular complexity index is 566. The minimum atomic E-state index is -0.694. The fourth-order valence-corrected chi connectivity index (χ4v) is 2.84. The van der Waals surface area contributed by atoms with Gasteiger partial charge in [0.1, 0.15) is 10.6 Å². The van der Waals surface area contributed by atoms with Crippen LogP contribution in [-0.4, -0.2) is 9.94 Å². The van der Waals surface area contributed by atoms with E-state index in [0.29, 0.717) is 10.6 Å². The normalized spacial score (nSPS) is 12.7. The number of phenolic OH excluding ortho intramolecular Hbond substituents is 1. The van der Waals surface area contributed by atoms with Gasteiger partial charge < -0.3 is 5.11 Å². The van der Waals surface area contributed by atoms with E-state index in [4.69, 9.17) is 46.4 Å². The van der Waals surface area contributed by atoms with Crippen LogP contribution >= 0.6 is 46.4 Å². The van der Waals surface area contributed by atoms with Gasteiger partial charge in [0.2, 0.25) is 0 Å². The first kappa shape index (κ1) is 14.8. The van der Waals surface area contributed by atoms with Crippen LogP contribution < -0.4 is 0 Å². The first-order valence-corrected chi connectivity index (χ1v) is 7.14. The van der Waals surface area contributed by atoms with E-state index in [1.165, 1.54) is 6.07 Å². The standard InChI is InChI=1S/C14H10Cl4O/c15-9-6-4-8(5-7-9)12(14(17)18)10-2-1-3-11(19)13(10)16/h1-7,12,14,19H. The van der Waals surface area contributed by atoms with Crippen molar-refractivity contribution in [1.82, 2.24) is 0 Å². The van der Waals surface area contributed by atoms with Gasteiger partial charge in [-0.25, -0.2) is 0 Å². The Morgan fingerprint density at radius 1 is 0.895 bits per heavy atom. The van der Waals surface area contributed by atoms with Gasteiger partial charge in [0.15, 0.2) is 0 Å². The predicted molar refractivity (Wildman–Crippen MR) is 81.9 cm³/mol. The van der Waals surface area contributed by atoms with Crippen molar-refractivity contribution in [3.8, 4) is 5.75 Å². The molecule has 0 heterocycles. The van der Waals surface area contributed by atoms with E-state index in [2.05, 4.69) is 0 Å². The molecule has 0 aliphatic carbocycles. The molecule has 0 spiro atoms. The van der Waals surface area contributed by atoms with Gasteiger partial charge in [0.05, 0.1) is 5.02 Å². The summed E-state index contributed by atoms with van der Waals surface area (Å²) < 4.78 is 0. The number of benzene rings is 2. The molecule has 1 N–H and O–H groups in total. The van der Waals surface area contributed by atoms with Crippen molar-refractivity contribution >= 4 is 46.4 Å². The Hall–Kier alpha value is -0.600. The summed E-state index contributed by atoms with van der Waals surface area (Å²) in [6, 6.07) is 12.2. The topological polar surface area (TPSA) is 20.2 Å². The Labute approximate surface area is 131 Å². The molecule has 0 amide bonds. The third-order valence-electron chi connectivity index (χ3n) is 2.82. The van der Waals surface area contributed by atoms with Gasteiger partial charge in [-0.05, 0) is 29.3 Å². The first-order valence-electron chi connectivity index (χ1n) is 5.51. The number of halogens is 4. The molecule has 0 aliphatic rings. The fraction of sp³-hybridized carbons (Fsp3) is 0.143. The molecular formula is C14H10Cl4O. The summed E-state index contributed by atoms with van der Waals surface area (Å²) in [5.74, 6) is -0.327. The van der Waals surface area contributed by atoms with E-state index in [-0.39, 0.29) is 16.7 Å². The van der Waals surface area contributed by atoms with Crippen LogP contribution in [0.15, 0.2) is 42.5 Å². The second-order valence-corrected chi connectivity index (χ2v) is 6.02. The molecule has 0 radical (unpaired) electrons. The van der Waals surface area contributed by atoms with Crippen molar-refractivity contribution in [2.45, 2.75) is 10.8 Å². The lowest BCUT2D eigenvalue weighted by Gasteiger charge is -2.20. The molecule has 1 atom stereocenters. The van der Waals surface area contributed by atoms with Crippen LogP contribution in [0, 0.1) is 0 Å². The second-order valence-electron chi connectivity index (χ2n) is 4.04. The van der Waals surface area contributed by atoms with Gasteiger partial charge in [-0.3, -0.25) is 0 Å². The number of rotatable bonds is 3. The molecular weight excluding hydrogens is 326 g/mol. The van der Waals surface area contributed by atoms with Crippen molar-refractivity contribution in [3.63, 3.8) is 0 Å². The maximum atomic E-state index is 9.68. The SMILES string of the molecule is Oc1cccc(C(c2ccc(Cl)cc2)C(Cl)Cl)c1Cl. The molecule has 2 rings (SSSR count). The molecule has 2 aromatic rings. The van der Waals surface area contributed by atoms with Crippen molar-refractivity contribution in [1.29, 1.82) is 0 Å². The van der Waals surface area contributed by atoms with E-state index in [9.17, 15) is 5.11 Å². The summed E-state index contributed by atoms with van der Waals surface area (Å²) in [7, 11) is 0. The highest BCUT2D eigenvalue weighted by Gasteiger charge is 2.24. The van der Waals surface area contributed by atoms with Crippen molar-refractivity contribution in [2.24, 2.45) is 0 Å². The predicted octanol–water partition coefficient (Wildman–Crippen LogP) is 5.63. The summed E-state index contributed by atoms with van der Waals surface area (Å²) in [6.07, 6.45) is 0. The van der Waals surface area contributed by atoms with Gasteiger partial charge in [0, 0.05) is 10.9 Å². The van der Waals surface area contributed by atoms with Gasteiger partial charge in [-0.2, -0.15) is 0 Å². The molecule has 0 bridgehead atoms. The highest BCUT2D eigenvalue weighted by Crippen LogP contribution is 2.40. The van der Waals surface area contributed by atoms with Crippen LogP contribution in [-0.2, 0) is 0 Å². The highest BCUT2D eigenvalue weighted by molar-refractivity contribution is 6.45. The summed E-state index contributed by atoms with van der Waals surface area (Å²) >= 11 is 24.1. The molecule has 0 fully saturated rings. The molecule has 2 aromatic carbocycles. The number of hydrogen-bond donors (Lipinski definition) is 1. The smallest absolute Gasteiger partial charge is 0.134 e. The largest absolute Gasteiger partial charge is 0.506 e. The minimum Gasteiger partial charge on any atom is -0.506 e. The zero-order valence-corrected chi connectivity index (χ0v) is 12.7. The molecule has 19 heavy (non-hydrogen) atoms. The maximum absolute atomic E-state index is 9.68. The number of phenols is 1. The van der Waals surface area contributed by atoms with Crippen molar-refractivity contribution < 1.29 is 5.11 Å². The summed E-state index contributed by atoms with van der Waals surface area (Å²) in [5, 5.41) is 10.6. The zero-order valence-electron chi connectivity index (χ0n) is 9.66. The lowest BCUT2D eigenvalue weighted by atomic mass is 9.92. The van der Waals surface area contributed by atoms with E-state index in [1.54, 1.807) is 24.3 Å². The average Bonchev–Trinajstić information content (AvgIpc) is 2.37. The third-order valence-corrected chi connectivity index (χ3v) is 3.99. The minimum absolute atomic E-state index is 0.00659. The third kappa shape index (κ3) is 3.29. The highest BCUT2D eigenvalue weighted by atomic mass is 35.5.